The number of nitrogens with zero attached hydrogens (tertiary/aromatic N) is 2. The van der Waals surface area contributed by atoms with E-state index in [1.807, 2.05) is 80.3 Å². The zero-order chi connectivity index (χ0) is 22.4. The van der Waals surface area contributed by atoms with Gasteiger partial charge in [-0.1, -0.05) is 48.5 Å². The monoisotopic (exact) mass is 434 g/mol. The van der Waals surface area contributed by atoms with E-state index < -0.39 is 0 Å². The largest absolute Gasteiger partial charge is 0.332 e. The lowest BCUT2D eigenvalue weighted by molar-refractivity contribution is -0.133. The Bertz CT molecular complexity index is 1030. The van der Waals surface area contributed by atoms with Gasteiger partial charge in [0.05, 0.1) is 6.54 Å². The van der Waals surface area contributed by atoms with E-state index in [0.717, 1.165) is 11.1 Å². The van der Waals surface area contributed by atoms with Gasteiger partial charge in [-0.2, -0.15) is 0 Å². The number of carbonyl (C=O) groups excluding carboxylic acids is 2. The average molecular weight is 435 g/mol. The standard InChI is InChI=1S/C26H30N2O2S/c1-19(2)28(26(30)23-13-9-8-10-20(23)3)18-25(29)27(16-22-11-6-5-7-12-22)17-24-21(4)14-15-31-24/h5-15,19H,16-18H2,1-4H3. The van der Waals surface area contributed by atoms with Gasteiger partial charge in [-0.25, -0.2) is 0 Å². The fraction of sp³-hybridized carbons (Fsp3) is 0.308. The number of thiophene rings is 1. The van der Waals surface area contributed by atoms with Gasteiger partial charge in [0.25, 0.3) is 5.91 Å². The van der Waals surface area contributed by atoms with Crippen molar-refractivity contribution < 1.29 is 9.59 Å². The lowest BCUT2D eigenvalue weighted by Crippen LogP contribution is -2.45. The number of carbonyl (C=O) groups is 2. The van der Waals surface area contributed by atoms with Crippen LogP contribution in [-0.4, -0.2) is 34.2 Å². The highest BCUT2D eigenvalue weighted by atomic mass is 32.1. The van der Waals surface area contributed by atoms with Crippen LogP contribution in [0.15, 0.2) is 66.0 Å². The highest BCUT2D eigenvalue weighted by molar-refractivity contribution is 7.10. The molecule has 0 aliphatic rings. The van der Waals surface area contributed by atoms with Crippen molar-refractivity contribution in [2.24, 2.45) is 0 Å². The molecule has 2 amide bonds. The van der Waals surface area contributed by atoms with E-state index in [9.17, 15) is 9.59 Å². The van der Waals surface area contributed by atoms with Crippen LogP contribution in [0.25, 0.3) is 0 Å². The fourth-order valence-corrected chi connectivity index (χ4v) is 4.40. The number of aryl methyl sites for hydroxylation is 2. The third kappa shape index (κ3) is 5.82. The minimum absolute atomic E-state index is 0.0488. The maximum Gasteiger partial charge on any atom is 0.254 e. The molecule has 1 heterocycles. The van der Waals surface area contributed by atoms with Gasteiger partial charge in [0.1, 0.15) is 6.54 Å². The molecule has 2 aromatic carbocycles. The first kappa shape index (κ1) is 22.8. The fourth-order valence-electron chi connectivity index (χ4n) is 3.48. The van der Waals surface area contributed by atoms with Gasteiger partial charge in [0.15, 0.2) is 0 Å². The van der Waals surface area contributed by atoms with Crippen molar-refractivity contribution in [2.75, 3.05) is 6.54 Å². The highest BCUT2D eigenvalue weighted by Gasteiger charge is 2.26. The van der Waals surface area contributed by atoms with E-state index in [1.165, 1.54) is 10.4 Å². The smallest absolute Gasteiger partial charge is 0.254 e. The number of rotatable bonds is 8. The van der Waals surface area contributed by atoms with Gasteiger partial charge in [0.2, 0.25) is 5.91 Å². The molecule has 0 saturated carbocycles. The Balaban J connectivity index is 1.83. The summed E-state index contributed by atoms with van der Waals surface area (Å²) >= 11 is 1.66. The SMILES string of the molecule is Cc1ccccc1C(=O)N(CC(=O)N(Cc1ccccc1)Cc1sccc1C)C(C)C. The Kier molecular flexibility index (Phi) is 7.64. The summed E-state index contributed by atoms with van der Waals surface area (Å²) in [6.45, 7) is 9.02. The Morgan fingerprint density at radius 3 is 2.16 bits per heavy atom. The maximum absolute atomic E-state index is 13.5. The molecule has 0 bridgehead atoms. The lowest BCUT2D eigenvalue weighted by atomic mass is 10.1. The van der Waals surface area contributed by atoms with Crippen molar-refractivity contribution in [3.63, 3.8) is 0 Å². The van der Waals surface area contributed by atoms with Gasteiger partial charge >= 0.3 is 0 Å². The van der Waals surface area contributed by atoms with E-state index in [1.54, 1.807) is 16.2 Å². The minimum atomic E-state index is -0.103. The van der Waals surface area contributed by atoms with Crippen LogP contribution in [0.1, 0.15) is 45.8 Å². The van der Waals surface area contributed by atoms with Gasteiger partial charge < -0.3 is 9.80 Å². The summed E-state index contributed by atoms with van der Waals surface area (Å²) in [6, 6.07) is 19.5. The van der Waals surface area contributed by atoms with Crippen LogP contribution in [0.2, 0.25) is 0 Å². The lowest BCUT2D eigenvalue weighted by Gasteiger charge is -2.30. The highest BCUT2D eigenvalue weighted by Crippen LogP contribution is 2.20. The first-order valence-corrected chi connectivity index (χ1v) is 11.5. The molecule has 0 saturated heterocycles. The summed E-state index contributed by atoms with van der Waals surface area (Å²) in [5.41, 5.74) is 3.83. The van der Waals surface area contributed by atoms with E-state index in [4.69, 9.17) is 0 Å². The Morgan fingerprint density at radius 2 is 1.55 bits per heavy atom. The van der Waals surface area contributed by atoms with E-state index in [-0.39, 0.29) is 24.4 Å². The van der Waals surface area contributed by atoms with Crippen molar-refractivity contribution in [1.82, 2.24) is 9.80 Å². The topological polar surface area (TPSA) is 40.6 Å². The average Bonchev–Trinajstić information content (AvgIpc) is 3.16. The Labute approximate surface area is 189 Å². The molecule has 0 fully saturated rings. The summed E-state index contributed by atoms with van der Waals surface area (Å²) in [5.74, 6) is -0.152. The summed E-state index contributed by atoms with van der Waals surface area (Å²) in [6.07, 6.45) is 0. The number of benzene rings is 2. The van der Waals surface area contributed by atoms with Gasteiger partial charge in [-0.05, 0) is 61.9 Å². The van der Waals surface area contributed by atoms with Gasteiger partial charge in [0, 0.05) is 23.0 Å². The van der Waals surface area contributed by atoms with Crippen molar-refractivity contribution in [3.8, 4) is 0 Å². The van der Waals surface area contributed by atoms with Crippen LogP contribution in [0.3, 0.4) is 0 Å². The third-order valence-electron chi connectivity index (χ3n) is 5.44. The molecule has 0 unspecified atom stereocenters. The normalized spacial score (nSPS) is 10.9. The van der Waals surface area contributed by atoms with Crippen molar-refractivity contribution >= 4 is 23.2 Å². The summed E-state index contributed by atoms with van der Waals surface area (Å²) in [7, 11) is 0. The molecular formula is C26H30N2O2S. The molecule has 31 heavy (non-hydrogen) atoms. The third-order valence-corrected chi connectivity index (χ3v) is 6.44. The number of hydrogen-bond acceptors (Lipinski definition) is 3. The molecule has 0 N–H and O–H groups in total. The summed E-state index contributed by atoms with van der Waals surface area (Å²) < 4.78 is 0. The Morgan fingerprint density at radius 1 is 0.871 bits per heavy atom. The summed E-state index contributed by atoms with van der Waals surface area (Å²) in [4.78, 5) is 31.4. The summed E-state index contributed by atoms with van der Waals surface area (Å²) in [5, 5.41) is 2.05. The molecular weight excluding hydrogens is 404 g/mol. The maximum atomic E-state index is 13.5. The van der Waals surface area contributed by atoms with Crippen LogP contribution in [0, 0.1) is 13.8 Å². The van der Waals surface area contributed by atoms with E-state index in [2.05, 4.69) is 18.4 Å². The molecule has 0 aliphatic heterocycles. The number of hydrogen-bond donors (Lipinski definition) is 0. The van der Waals surface area contributed by atoms with Crippen LogP contribution in [0.4, 0.5) is 0 Å². The van der Waals surface area contributed by atoms with Gasteiger partial charge in [-0.15, -0.1) is 11.3 Å². The van der Waals surface area contributed by atoms with Crippen LogP contribution < -0.4 is 0 Å². The zero-order valence-electron chi connectivity index (χ0n) is 18.7. The van der Waals surface area contributed by atoms with Crippen molar-refractivity contribution in [3.05, 3.63) is 93.2 Å². The molecule has 0 atom stereocenters. The minimum Gasteiger partial charge on any atom is -0.332 e. The molecule has 5 heteroatoms. The molecule has 0 aliphatic carbocycles. The second-order valence-electron chi connectivity index (χ2n) is 8.10. The first-order valence-electron chi connectivity index (χ1n) is 10.6. The van der Waals surface area contributed by atoms with Gasteiger partial charge in [-0.3, -0.25) is 9.59 Å². The predicted octanol–water partition coefficient (Wildman–Crippen LogP) is 5.44. The van der Waals surface area contributed by atoms with E-state index >= 15 is 0 Å². The second kappa shape index (κ2) is 10.4. The molecule has 3 rings (SSSR count). The van der Waals surface area contributed by atoms with Crippen LogP contribution >= 0.6 is 11.3 Å². The Hall–Kier alpha value is -2.92. The quantitative estimate of drug-likeness (QED) is 0.473. The van der Waals surface area contributed by atoms with Crippen LogP contribution in [-0.2, 0) is 17.9 Å². The van der Waals surface area contributed by atoms with Crippen LogP contribution in [0.5, 0.6) is 0 Å². The van der Waals surface area contributed by atoms with Crippen molar-refractivity contribution in [1.29, 1.82) is 0 Å². The van der Waals surface area contributed by atoms with Crippen molar-refractivity contribution in [2.45, 2.75) is 46.8 Å². The first-order chi connectivity index (χ1) is 14.9. The molecule has 4 nitrogen and oxygen atoms in total. The second-order valence-corrected chi connectivity index (χ2v) is 9.10. The molecule has 3 aromatic rings. The molecule has 0 radical (unpaired) electrons. The molecule has 162 valence electrons. The zero-order valence-corrected chi connectivity index (χ0v) is 19.5. The molecule has 0 spiro atoms. The number of amides is 2. The molecule has 1 aromatic heterocycles. The predicted molar refractivity (Wildman–Crippen MR) is 127 cm³/mol. The van der Waals surface area contributed by atoms with E-state index in [0.29, 0.717) is 18.7 Å².